The Morgan fingerprint density at radius 2 is 1.96 bits per heavy atom. The molecule has 0 spiro atoms. The number of hydrogen-bond acceptors (Lipinski definition) is 4. The summed E-state index contributed by atoms with van der Waals surface area (Å²) in [7, 11) is 1.60. The van der Waals surface area contributed by atoms with E-state index in [4.69, 9.17) is 4.74 Å². The van der Waals surface area contributed by atoms with Crippen molar-refractivity contribution in [3.63, 3.8) is 0 Å². The van der Waals surface area contributed by atoms with Gasteiger partial charge in [0, 0.05) is 22.8 Å². The van der Waals surface area contributed by atoms with Crippen LogP contribution in [0.5, 0.6) is 5.75 Å². The molecule has 1 aromatic carbocycles. The minimum absolute atomic E-state index is 0.000419. The maximum atomic E-state index is 12.5. The van der Waals surface area contributed by atoms with Crippen LogP contribution >= 0.6 is 0 Å². The topological polar surface area (TPSA) is 61.2 Å². The van der Waals surface area contributed by atoms with Crippen LogP contribution in [0.2, 0.25) is 0 Å². The highest BCUT2D eigenvalue weighted by atomic mass is 16.5. The van der Waals surface area contributed by atoms with E-state index in [1.165, 1.54) is 0 Å². The summed E-state index contributed by atoms with van der Waals surface area (Å²) in [5.74, 6) is 0.646. The van der Waals surface area contributed by atoms with Crippen LogP contribution in [0.1, 0.15) is 45.1 Å². The average molecular weight is 316 g/mol. The minimum atomic E-state index is -0.555. The first-order chi connectivity index (χ1) is 10.7. The summed E-state index contributed by atoms with van der Waals surface area (Å²) in [4.78, 5) is 24.3. The lowest BCUT2D eigenvalue weighted by Crippen LogP contribution is -2.28. The van der Waals surface area contributed by atoms with Gasteiger partial charge in [-0.05, 0) is 19.1 Å². The van der Waals surface area contributed by atoms with Crippen molar-refractivity contribution in [2.24, 2.45) is 11.3 Å². The summed E-state index contributed by atoms with van der Waals surface area (Å²) in [6.07, 6.45) is 0. The molecule has 124 valence electrons. The predicted octanol–water partition coefficient (Wildman–Crippen LogP) is 3.50. The molecule has 2 rings (SSSR count). The zero-order valence-electron chi connectivity index (χ0n) is 14.6. The molecule has 2 aromatic rings. The summed E-state index contributed by atoms with van der Waals surface area (Å²) in [6.45, 7) is 9.47. The van der Waals surface area contributed by atoms with Gasteiger partial charge in [0.05, 0.1) is 19.2 Å². The summed E-state index contributed by atoms with van der Waals surface area (Å²) >= 11 is 0. The van der Waals surface area contributed by atoms with Gasteiger partial charge in [0.25, 0.3) is 0 Å². The predicted molar refractivity (Wildman–Crippen MR) is 89.9 cm³/mol. The number of ketones is 2. The van der Waals surface area contributed by atoms with E-state index < -0.39 is 5.41 Å². The Hall–Kier alpha value is -2.17. The highest BCUT2D eigenvalue weighted by molar-refractivity contribution is 6.07. The fourth-order valence-electron chi connectivity index (χ4n) is 2.34. The Morgan fingerprint density at radius 3 is 2.48 bits per heavy atom. The average Bonchev–Trinajstić information content (AvgIpc) is 2.83. The van der Waals surface area contributed by atoms with Crippen molar-refractivity contribution in [3.05, 3.63) is 23.9 Å². The van der Waals surface area contributed by atoms with Crippen LogP contribution in [0.3, 0.4) is 0 Å². The molecule has 0 bridgehead atoms. The SMILES string of the molecule is COc1ccc2c(C(=O)C(C)C)nn(CC(C)(C)C(C)=O)c2c1. The zero-order chi connectivity index (χ0) is 17.4. The number of rotatable bonds is 6. The number of carbonyl (C=O) groups excluding carboxylic acids is 2. The molecule has 0 unspecified atom stereocenters. The molecule has 0 amide bonds. The third kappa shape index (κ3) is 3.28. The molecule has 5 heteroatoms. The second kappa shape index (κ2) is 6.14. The lowest BCUT2D eigenvalue weighted by atomic mass is 9.89. The van der Waals surface area contributed by atoms with E-state index in [2.05, 4.69) is 5.10 Å². The molecule has 0 aliphatic rings. The number of aromatic nitrogens is 2. The quantitative estimate of drug-likeness (QED) is 0.765. The molecule has 0 N–H and O–H groups in total. The van der Waals surface area contributed by atoms with Crippen molar-refractivity contribution in [1.82, 2.24) is 9.78 Å². The number of carbonyl (C=O) groups is 2. The van der Waals surface area contributed by atoms with Crippen LogP contribution in [0.4, 0.5) is 0 Å². The number of nitrogens with zero attached hydrogens (tertiary/aromatic N) is 2. The molecule has 0 fully saturated rings. The second-order valence-electron chi connectivity index (χ2n) is 6.85. The Bertz CT molecular complexity index is 757. The van der Waals surface area contributed by atoms with Gasteiger partial charge in [-0.25, -0.2) is 0 Å². The van der Waals surface area contributed by atoms with Crippen LogP contribution in [0.15, 0.2) is 18.2 Å². The molecule has 0 radical (unpaired) electrons. The molecular weight excluding hydrogens is 292 g/mol. The van der Waals surface area contributed by atoms with Gasteiger partial charge in [-0.3, -0.25) is 14.3 Å². The Balaban J connectivity index is 2.63. The third-order valence-electron chi connectivity index (χ3n) is 4.21. The van der Waals surface area contributed by atoms with Crippen molar-refractivity contribution in [1.29, 1.82) is 0 Å². The lowest BCUT2D eigenvalue weighted by molar-refractivity contribution is -0.125. The van der Waals surface area contributed by atoms with Gasteiger partial charge in [0.1, 0.15) is 17.2 Å². The minimum Gasteiger partial charge on any atom is -0.497 e. The van der Waals surface area contributed by atoms with E-state index in [0.717, 1.165) is 10.9 Å². The van der Waals surface area contributed by atoms with Crippen LogP contribution in [0, 0.1) is 11.3 Å². The highest BCUT2D eigenvalue weighted by Gasteiger charge is 2.27. The fraction of sp³-hybridized carbons (Fsp3) is 0.500. The Labute approximate surface area is 136 Å². The first-order valence-electron chi connectivity index (χ1n) is 7.77. The molecule has 0 saturated heterocycles. The van der Waals surface area contributed by atoms with Gasteiger partial charge in [-0.15, -0.1) is 0 Å². The van der Waals surface area contributed by atoms with Gasteiger partial charge in [-0.1, -0.05) is 27.7 Å². The molecule has 1 heterocycles. The summed E-state index contributed by atoms with van der Waals surface area (Å²) in [6, 6.07) is 5.53. The highest BCUT2D eigenvalue weighted by Crippen LogP contribution is 2.28. The Kier molecular flexibility index (Phi) is 4.59. The molecule has 0 aliphatic heterocycles. The first-order valence-corrected chi connectivity index (χ1v) is 7.77. The normalized spacial score (nSPS) is 12.0. The summed E-state index contributed by atoms with van der Waals surface area (Å²) in [5, 5.41) is 5.31. The van der Waals surface area contributed by atoms with Crippen molar-refractivity contribution >= 4 is 22.5 Å². The standard InChI is InChI=1S/C18H24N2O3/c1-11(2)17(22)16-14-8-7-13(23-6)9-15(14)20(19-16)10-18(4,5)12(3)21/h7-9,11H,10H2,1-6H3. The Morgan fingerprint density at radius 1 is 1.30 bits per heavy atom. The molecule has 23 heavy (non-hydrogen) atoms. The maximum Gasteiger partial charge on any atom is 0.186 e. The molecule has 5 nitrogen and oxygen atoms in total. The van der Waals surface area contributed by atoms with Gasteiger partial charge in [0.15, 0.2) is 5.78 Å². The summed E-state index contributed by atoms with van der Waals surface area (Å²) < 4.78 is 7.02. The van der Waals surface area contributed by atoms with Crippen LogP contribution in [0.25, 0.3) is 10.9 Å². The molecule has 1 aromatic heterocycles. The van der Waals surface area contributed by atoms with Crippen molar-refractivity contribution in [3.8, 4) is 5.75 Å². The van der Waals surface area contributed by atoms with Gasteiger partial charge < -0.3 is 4.74 Å². The number of fused-ring (bicyclic) bond motifs is 1. The van der Waals surface area contributed by atoms with Crippen LogP contribution in [-0.4, -0.2) is 28.5 Å². The molecule has 0 atom stereocenters. The van der Waals surface area contributed by atoms with Crippen LogP contribution in [-0.2, 0) is 11.3 Å². The van der Waals surface area contributed by atoms with E-state index in [1.807, 2.05) is 45.9 Å². The van der Waals surface area contributed by atoms with Crippen LogP contribution < -0.4 is 4.74 Å². The van der Waals surface area contributed by atoms with Gasteiger partial charge in [-0.2, -0.15) is 5.10 Å². The van der Waals surface area contributed by atoms with E-state index in [0.29, 0.717) is 18.0 Å². The van der Waals surface area contributed by atoms with E-state index >= 15 is 0 Å². The first kappa shape index (κ1) is 17.2. The largest absolute Gasteiger partial charge is 0.497 e. The zero-order valence-corrected chi connectivity index (χ0v) is 14.6. The second-order valence-corrected chi connectivity index (χ2v) is 6.85. The smallest absolute Gasteiger partial charge is 0.186 e. The van der Waals surface area contributed by atoms with Gasteiger partial charge in [0.2, 0.25) is 0 Å². The van der Waals surface area contributed by atoms with Gasteiger partial charge >= 0.3 is 0 Å². The number of hydrogen-bond donors (Lipinski definition) is 0. The summed E-state index contributed by atoms with van der Waals surface area (Å²) in [5.41, 5.74) is 0.708. The number of Topliss-reactive ketones (excluding diaryl/α,β-unsaturated/α-hetero) is 2. The molecular formula is C18H24N2O3. The maximum absolute atomic E-state index is 12.5. The van der Waals surface area contributed by atoms with E-state index in [1.54, 1.807) is 18.7 Å². The van der Waals surface area contributed by atoms with Crippen molar-refractivity contribution in [2.45, 2.75) is 41.2 Å². The van der Waals surface area contributed by atoms with Crippen molar-refractivity contribution < 1.29 is 14.3 Å². The molecule has 0 saturated carbocycles. The molecule has 0 aliphatic carbocycles. The lowest BCUT2D eigenvalue weighted by Gasteiger charge is -2.21. The van der Waals surface area contributed by atoms with Crippen molar-refractivity contribution in [2.75, 3.05) is 7.11 Å². The third-order valence-corrected chi connectivity index (χ3v) is 4.21. The fourth-order valence-corrected chi connectivity index (χ4v) is 2.34. The van der Waals surface area contributed by atoms with E-state index in [-0.39, 0.29) is 17.5 Å². The van der Waals surface area contributed by atoms with E-state index in [9.17, 15) is 9.59 Å². The monoisotopic (exact) mass is 316 g/mol. The number of ether oxygens (including phenoxy) is 1. The number of benzene rings is 1. The number of methoxy groups -OCH3 is 1.